The monoisotopic (exact) mass is 586 g/mol. The van der Waals surface area contributed by atoms with Gasteiger partial charge in [0.25, 0.3) is 0 Å². The molecule has 18 nitrogen and oxygen atoms in total. The molecule has 15 atom stereocenters. The number of rotatable bonds is 10. The number of carbonyl (C=O) groups excluding carboxylic acids is 2. The molecule has 3 aliphatic heterocycles. The van der Waals surface area contributed by atoms with Gasteiger partial charge in [-0.3, -0.25) is 9.59 Å². The minimum Gasteiger partial charge on any atom is -0.394 e. The molecule has 0 saturated carbocycles. The Morgan fingerprint density at radius 2 is 1.32 bits per heavy atom. The van der Waals surface area contributed by atoms with Gasteiger partial charge in [0.15, 0.2) is 18.9 Å². The van der Waals surface area contributed by atoms with E-state index in [0.717, 1.165) is 13.8 Å². The van der Waals surface area contributed by atoms with E-state index in [0.29, 0.717) is 0 Å². The Kier molecular flexibility index (Phi) is 11.5. The van der Waals surface area contributed by atoms with Crippen LogP contribution in [0.3, 0.4) is 0 Å². The third-order valence-electron chi connectivity index (χ3n) is 6.85. The van der Waals surface area contributed by atoms with Crippen LogP contribution >= 0.6 is 0 Å². The fourth-order valence-corrected chi connectivity index (χ4v) is 4.79. The zero-order chi connectivity index (χ0) is 29.9. The first-order valence-corrected chi connectivity index (χ1v) is 12.6. The Hall–Kier alpha value is -1.62. The van der Waals surface area contributed by atoms with E-state index in [1.807, 2.05) is 0 Å². The number of ether oxygens (including phenoxy) is 5. The van der Waals surface area contributed by atoms with Crippen LogP contribution in [-0.2, 0) is 33.3 Å². The van der Waals surface area contributed by atoms with E-state index in [9.17, 15) is 55.5 Å². The number of hydrogen-bond donors (Lipinski definition) is 11. The van der Waals surface area contributed by atoms with Gasteiger partial charge in [0.2, 0.25) is 11.8 Å². The normalized spacial score (nSPS) is 44.7. The molecule has 0 bridgehead atoms. The maximum absolute atomic E-state index is 11.6. The van der Waals surface area contributed by atoms with E-state index < -0.39 is 124 Å². The van der Waals surface area contributed by atoms with E-state index in [4.69, 9.17) is 23.7 Å². The molecule has 3 fully saturated rings. The first-order chi connectivity index (χ1) is 18.8. The van der Waals surface area contributed by atoms with Crippen molar-refractivity contribution in [1.82, 2.24) is 10.6 Å². The third-order valence-corrected chi connectivity index (χ3v) is 6.85. The van der Waals surface area contributed by atoms with Crippen LogP contribution in [0.15, 0.2) is 0 Å². The smallest absolute Gasteiger partial charge is 0.217 e. The number of aliphatic hydroxyl groups excluding tert-OH is 9. The second kappa shape index (κ2) is 14.0. The average Bonchev–Trinajstić information content (AvgIpc) is 3.18. The maximum atomic E-state index is 11.6. The second-order valence-corrected chi connectivity index (χ2v) is 9.85. The average molecular weight is 587 g/mol. The minimum atomic E-state index is -1.80. The van der Waals surface area contributed by atoms with Gasteiger partial charge in [0, 0.05) is 13.8 Å². The molecule has 2 amide bonds. The van der Waals surface area contributed by atoms with Gasteiger partial charge in [-0.15, -0.1) is 0 Å². The molecule has 40 heavy (non-hydrogen) atoms. The predicted octanol–water partition coefficient (Wildman–Crippen LogP) is -7.29. The minimum absolute atomic E-state index is 0.601. The quantitative estimate of drug-likeness (QED) is 0.113. The fraction of sp³-hybridized carbons (Fsp3) is 0.909. The van der Waals surface area contributed by atoms with E-state index in [-0.39, 0.29) is 0 Å². The summed E-state index contributed by atoms with van der Waals surface area (Å²) >= 11 is 0. The summed E-state index contributed by atoms with van der Waals surface area (Å²) in [5.74, 6) is -1.23. The summed E-state index contributed by atoms with van der Waals surface area (Å²) in [6.45, 7) is 0.169. The number of amides is 2. The summed E-state index contributed by atoms with van der Waals surface area (Å²) < 4.78 is 27.0. The Morgan fingerprint density at radius 3 is 1.90 bits per heavy atom. The number of hydrogen-bond acceptors (Lipinski definition) is 16. The van der Waals surface area contributed by atoms with Crippen LogP contribution in [0.5, 0.6) is 0 Å². The van der Waals surface area contributed by atoms with Crippen LogP contribution in [0.4, 0.5) is 0 Å². The largest absolute Gasteiger partial charge is 0.394 e. The number of aliphatic hydroxyl groups is 9. The molecular weight excluding hydrogens is 548 g/mol. The molecular formula is C22H38N2O16. The van der Waals surface area contributed by atoms with Gasteiger partial charge in [0.1, 0.15) is 73.1 Å². The molecule has 232 valence electrons. The summed E-state index contributed by atoms with van der Waals surface area (Å²) in [7, 11) is 0. The van der Waals surface area contributed by atoms with Crippen LogP contribution in [-0.4, -0.2) is 170 Å². The Morgan fingerprint density at radius 1 is 0.750 bits per heavy atom. The summed E-state index contributed by atoms with van der Waals surface area (Å²) in [4.78, 5) is 23.2. The number of nitrogens with one attached hydrogen (secondary N) is 2. The molecule has 3 heterocycles. The Balaban J connectivity index is 1.68. The highest BCUT2D eigenvalue weighted by atomic mass is 16.7. The Bertz CT molecular complexity index is 854. The van der Waals surface area contributed by atoms with Crippen molar-refractivity contribution in [3.05, 3.63) is 0 Å². The van der Waals surface area contributed by atoms with Crippen molar-refractivity contribution in [2.75, 3.05) is 19.8 Å². The molecule has 18 heteroatoms. The molecule has 0 aromatic carbocycles. The maximum Gasteiger partial charge on any atom is 0.217 e. The SMILES string of the molecule is CC(=O)N[C@@H]1[C@H](OC[C@@H](O)[C@@H]2O[C@@H](O[C@H]3[C@H](O)[C@@H](CO)O[C@@H](O)[C@@H]3NC(C)=O)[C@H](O)[C@H]2O)O[C@H](CO)[C@@H](O)[C@@H]1O. The van der Waals surface area contributed by atoms with Crippen molar-refractivity contribution in [2.24, 2.45) is 0 Å². The summed E-state index contributed by atoms with van der Waals surface area (Å²) in [6.07, 6.45) is -20.6. The van der Waals surface area contributed by atoms with Gasteiger partial charge in [-0.2, -0.15) is 0 Å². The first kappa shape index (κ1) is 32.9. The van der Waals surface area contributed by atoms with Crippen LogP contribution in [0.25, 0.3) is 0 Å². The summed E-state index contributed by atoms with van der Waals surface area (Å²) in [5, 5.41) is 96.5. The highest BCUT2D eigenvalue weighted by Crippen LogP contribution is 2.31. The summed E-state index contributed by atoms with van der Waals surface area (Å²) in [6, 6.07) is -2.67. The number of carbonyl (C=O) groups is 2. The highest BCUT2D eigenvalue weighted by molar-refractivity contribution is 5.73. The van der Waals surface area contributed by atoms with E-state index in [1.165, 1.54) is 0 Å². The highest BCUT2D eigenvalue weighted by Gasteiger charge is 2.53. The fourth-order valence-electron chi connectivity index (χ4n) is 4.79. The van der Waals surface area contributed by atoms with Crippen molar-refractivity contribution in [1.29, 1.82) is 0 Å². The van der Waals surface area contributed by atoms with E-state index in [2.05, 4.69) is 10.6 Å². The molecule has 0 radical (unpaired) electrons. The lowest BCUT2D eigenvalue weighted by molar-refractivity contribution is -0.298. The van der Waals surface area contributed by atoms with Gasteiger partial charge in [-0.1, -0.05) is 0 Å². The van der Waals surface area contributed by atoms with Gasteiger partial charge < -0.3 is 80.3 Å². The molecule has 0 aromatic heterocycles. The van der Waals surface area contributed by atoms with Crippen molar-refractivity contribution in [3.8, 4) is 0 Å². The molecule has 0 spiro atoms. The lowest BCUT2D eigenvalue weighted by Gasteiger charge is -2.43. The third kappa shape index (κ3) is 7.23. The molecule has 3 saturated heterocycles. The predicted molar refractivity (Wildman–Crippen MR) is 124 cm³/mol. The lowest BCUT2D eigenvalue weighted by atomic mass is 9.96. The zero-order valence-electron chi connectivity index (χ0n) is 21.7. The van der Waals surface area contributed by atoms with Crippen LogP contribution < -0.4 is 10.6 Å². The van der Waals surface area contributed by atoms with E-state index in [1.54, 1.807) is 0 Å². The van der Waals surface area contributed by atoms with Crippen LogP contribution in [0, 0.1) is 0 Å². The van der Waals surface area contributed by atoms with Gasteiger partial charge in [0.05, 0.1) is 19.8 Å². The zero-order valence-corrected chi connectivity index (χ0v) is 21.7. The first-order valence-electron chi connectivity index (χ1n) is 12.6. The van der Waals surface area contributed by atoms with E-state index >= 15 is 0 Å². The standard InChI is InChI=1S/C22H38N2O16/c1-6(27)23-11-15(32)13(30)9(3-25)38-21(11)36-5-8(29)18-16(33)17(34)22(39-18)40-19-12(24-7(2)28)20(35)37-10(4-26)14(19)31/h8-22,25-26,29-35H,3-5H2,1-2H3,(H,23,27)(H,24,28)/t8-,9-,10-,11+,12-,13-,14-,15-,16-,17-,18+,19-,20-,21-,22+/m1/s1. The molecule has 11 N–H and O–H groups in total. The Labute approximate surface area is 228 Å². The second-order valence-electron chi connectivity index (χ2n) is 9.85. The topological polar surface area (TPSA) is 286 Å². The van der Waals surface area contributed by atoms with Crippen LogP contribution in [0.1, 0.15) is 13.8 Å². The lowest BCUT2D eigenvalue weighted by Crippen LogP contribution is -2.65. The van der Waals surface area contributed by atoms with Gasteiger partial charge >= 0.3 is 0 Å². The van der Waals surface area contributed by atoms with Gasteiger partial charge in [-0.25, -0.2) is 0 Å². The van der Waals surface area contributed by atoms with Crippen molar-refractivity contribution >= 4 is 11.8 Å². The summed E-state index contributed by atoms with van der Waals surface area (Å²) in [5.41, 5.74) is 0. The van der Waals surface area contributed by atoms with Crippen molar-refractivity contribution < 1.29 is 79.2 Å². The molecule has 0 unspecified atom stereocenters. The van der Waals surface area contributed by atoms with Crippen molar-refractivity contribution in [3.63, 3.8) is 0 Å². The molecule has 0 aromatic rings. The van der Waals surface area contributed by atoms with Crippen LogP contribution in [0.2, 0.25) is 0 Å². The molecule has 3 rings (SSSR count). The van der Waals surface area contributed by atoms with Crippen molar-refractivity contribution in [2.45, 2.75) is 106 Å². The molecule has 3 aliphatic rings. The van der Waals surface area contributed by atoms with Gasteiger partial charge in [-0.05, 0) is 0 Å². The molecule has 0 aliphatic carbocycles.